The van der Waals surface area contributed by atoms with Gasteiger partial charge < -0.3 is 9.12 Å². The van der Waals surface area contributed by atoms with E-state index in [0.717, 1.165) is 11.3 Å². The fourth-order valence-corrected chi connectivity index (χ4v) is 3.90. The summed E-state index contributed by atoms with van der Waals surface area (Å²) in [6, 6.07) is 4.89. The van der Waals surface area contributed by atoms with Crippen LogP contribution in [0.25, 0.3) is 11.0 Å². The second-order valence-electron chi connectivity index (χ2n) is 7.98. The Kier molecular flexibility index (Phi) is 4.75. The van der Waals surface area contributed by atoms with Crippen molar-refractivity contribution in [2.75, 3.05) is 0 Å². The molecule has 2 aromatic rings. The minimum absolute atomic E-state index is 0.0611. The highest BCUT2D eigenvalue weighted by Crippen LogP contribution is 2.38. The van der Waals surface area contributed by atoms with E-state index in [4.69, 9.17) is 0 Å². The summed E-state index contributed by atoms with van der Waals surface area (Å²) in [6.07, 6.45) is 0.876. The Hall–Kier alpha value is -1.34. The van der Waals surface area contributed by atoms with Gasteiger partial charge in [0.2, 0.25) is 5.92 Å². The molecule has 1 saturated carbocycles. The number of benzene rings is 1. The molecule has 1 fully saturated rings. The zero-order chi connectivity index (χ0) is 18.4. The Balaban J connectivity index is 1.98. The summed E-state index contributed by atoms with van der Waals surface area (Å²) < 4.78 is 51.3. The van der Waals surface area contributed by atoms with Crippen LogP contribution < -0.4 is 0 Å². The second kappa shape index (κ2) is 6.43. The fourth-order valence-electron chi connectivity index (χ4n) is 3.51. The van der Waals surface area contributed by atoms with Gasteiger partial charge in [-0.2, -0.15) is 0 Å². The van der Waals surface area contributed by atoms with Crippen LogP contribution in [0.1, 0.15) is 52.3 Å². The number of nitrogens with zero attached hydrogens (tertiary/aromatic N) is 2. The molecule has 1 unspecified atom stereocenters. The highest BCUT2D eigenvalue weighted by molar-refractivity contribution is 7.79. The van der Waals surface area contributed by atoms with Crippen LogP contribution in [0.15, 0.2) is 23.1 Å². The van der Waals surface area contributed by atoms with E-state index in [2.05, 4.69) is 9.55 Å². The van der Waals surface area contributed by atoms with Crippen LogP contribution in [0.2, 0.25) is 0 Å². The van der Waals surface area contributed by atoms with Crippen molar-refractivity contribution in [1.29, 1.82) is 0 Å². The third-order valence-corrected chi connectivity index (χ3v) is 5.50. The lowest BCUT2D eigenvalue weighted by molar-refractivity contribution is -0.0473. The predicted molar refractivity (Wildman–Crippen MR) is 92.5 cm³/mol. The summed E-state index contributed by atoms with van der Waals surface area (Å²) >= 11 is -2.30. The van der Waals surface area contributed by atoms with Crippen LogP contribution in [0.3, 0.4) is 0 Å². The van der Waals surface area contributed by atoms with Crippen molar-refractivity contribution in [3.63, 3.8) is 0 Å². The molecule has 1 aliphatic carbocycles. The second-order valence-corrected chi connectivity index (χ2v) is 8.92. The molecule has 0 saturated heterocycles. The van der Waals surface area contributed by atoms with Crippen molar-refractivity contribution >= 4 is 22.1 Å². The van der Waals surface area contributed by atoms with Crippen LogP contribution in [0.4, 0.5) is 8.78 Å². The number of aromatic nitrogens is 2. The largest absolute Gasteiger partial charge is 0.768 e. The first-order chi connectivity index (χ1) is 11.6. The van der Waals surface area contributed by atoms with Gasteiger partial charge in [-0.25, -0.2) is 13.8 Å². The number of hydrogen-bond donors (Lipinski definition) is 0. The SMILES string of the molecule is CC(C)(C)c1nc2cc(S(=O)[O-])ccc2n1CC1CCC(F)(F)CC1. The molecule has 1 heterocycles. The van der Waals surface area contributed by atoms with Gasteiger partial charge in [0.25, 0.3) is 0 Å². The van der Waals surface area contributed by atoms with Gasteiger partial charge in [0.15, 0.2) is 0 Å². The van der Waals surface area contributed by atoms with Crippen molar-refractivity contribution in [2.24, 2.45) is 5.92 Å². The Labute approximate surface area is 148 Å². The molecule has 138 valence electrons. The molecule has 7 heteroatoms. The number of fused-ring (bicyclic) bond motifs is 1. The Morgan fingerprint density at radius 3 is 2.52 bits per heavy atom. The Bertz CT molecular complexity index is 801. The topological polar surface area (TPSA) is 57.9 Å². The molecular formula is C18H23F2N2O2S-. The van der Waals surface area contributed by atoms with E-state index in [1.807, 2.05) is 20.8 Å². The summed E-state index contributed by atoms with van der Waals surface area (Å²) in [6.45, 7) is 6.78. The Morgan fingerprint density at radius 2 is 1.96 bits per heavy atom. The van der Waals surface area contributed by atoms with Crippen molar-refractivity contribution in [1.82, 2.24) is 9.55 Å². The first kappa shape index (κ1) is 18.5. The van der Waals surface area contributed by atoms with Gasteiger partial charge >= 0.3 is 0 Å². The molecule has 4 nitrogen and oxygen atoms in total. The average molecular weight is 369 g/mol. The van der Waals surface area contributed by atoms with Crippen LogP contribution in [0, 0.1) is 5.92 Å². The van der Waals surface area contributed by atoms with Gasteiger partial charge in [0, 0.05) is 29.7 Å². The van der Waals surface area contributed by atoms with Crippen molar-refractivity contribution in [3.8, 4) is 0 Å². The molecule has 25 heavy (non-hydrogen) atoms. The lowest BCUT2D eigenvalue weighted by Gasteiger charge is -2.30. The predicted octanol–water partition coefficient (Wildman–Crippen LogP) is 4.40. The normalized spacial score (nSPS) is 20.1. The Morgan fingerprint density at radius 1 is 1.32 bits per heavy atom. The van der Waals surface area contributed by atoms with Gasteiger partial charge in [0.05, 0.1) is 11.0 Å². The van der Waals surface area contributed by atoms with E-state index in [9.17, 15) is 17.5 Å². The molecule has 0 spiro atoms. The summed E-state index contributed by atoms with van der Waals surface area (Å²) in [5.41, 5.74) is 1.26. The molecule has 1 aromatic heterocycles. The molecule has 0 bridgehead atoms. The van der Waals surface area contributed by atoms with Crippen LogP contribution >= 0.6 is 0 Å². The molecule has 1 aliphatic rings. The van der Waals surface area contributed by atoms with Crippen LogP contribution in [0.5, 0.6) is 0 Å². The van der Waals surface area contributed by atoms with E-state index in [1.54, 1.807) is 18.2 Å². The minimum Gasteiger partial charge on any atom is -0.768 e. The smallest absolute Gasteiger partial charge is 0.248 e. The minimum atomic E-state index is -2.53. The van der Waals surface area contributed by atoms with E-state index >= 15 is 0 Å². The monoisotopic (exact) mass is 369 g/mol. The third-order valence-electron chi connectivity index (χ3n) is 4.86. The first-order valence-corrected chi connectivity index (χ1v) is 9.62. The van der Waals surface area contributed by atoms with Crippen LogP contribution in [-0.2, 0) is 23.0 Å². The lowest BCUT2D eigenvalue weighted by Crippen LogP contribution is -2.28. The maximum absolute atomic E-state index is 13.4. The van der Waals surface area contributed by atoms with Gasteiger partial charge in [-0.05, 0) is 48.0 Å². The van der Waals surface area contributed by atoms with Gasteiger partial charge in [-0.3, -0.25) is 4.21 Å². The molecule has 1 atom stereocenters. The van der Waals surface area contributed by atoms with E-state index in [-0.39, 0.29) is 29.1 Å². The molecule has 0 radical (unpaired) electrons. The highest BCUT2D eigenvalue weighted by atomic mass is 32.2. The third kappa shape index (κ3) is 3.92. The molecule has 0 aliphatic heterocycles. The molecule has 1 aromatic carbocycles. The van der Waals surface area contributed by atoms with Crippen molar-refractivity contribution in [3.05, 3.63) is 24.0 Å². The van der Waals surface area contributed by atoms with E-state index in [1.165, 1.54) is 0 Å². The van der Waals surface area contributed by atoms with Gasteiger partial charge in [-0.15, -0.1) is 0 Å². The zero-order valence-electron chi connectivity index (χ0n) is 14.7. The number of hydrogen-bond acceptors (Lipinski definition) is 3. The molecule has 0 N–H and O–H groups in total. The zero-order valence-corrected chi connectivity index (χ0v) is 15.5. The molecular weight excluding hydrogens is 346 g/mol. The van der Waals surface area contributed by atoms with Gasteiger partial charge in [-0.1, -0.05) is 20.8 Å². The average Bonchev–Trinajstić information content (AvgIpc) is 2.87. The first-order valence-electron chi connectivity index (χ1n) is 8.55. The van der Waals surface area contributed by atoms with E-state index in [0.29, 0.717) is 24.9 Å². The number of rotatable bonds is 3. The summed E-state index contributed by atoms with van der Waals surface area (Å²) in [7, 11) is 0. The highest BCUT2D eigenvalue weighted by Gasteiger charge is 2.35. The standard InChI is InChI=1S/C18H24F2N2O2S/c1-17(2,3)16-21-14-10-13(25(23)24)4-5-15(14)22(16)11-12-6-8-18(19,20)9-7-12/h4-5,10,12H,6-9,11H2,1-3H3,(H,23,24)/p-1. The maximum Gasteiger partial charge on any atom is 0.248 e. The summed E-state index contributed by atoms with van der Waals surface area (Å²) in [4.78, 5) is 4.87. The van der Waals surface area contributed by atoms with E-state index < -0.39 is 17.0 Å². The number of alkyl halides is 2. The van der Waals surface area contributed by atoms with Crippen molar-refractivity contribution in [2.45, 2.75) is 69.2 Å². The van der Waals surface area contributed by atoms with Crippen LogP contribution in [-0.4, -0.2) is 24.2 Å². The number of halogens is 2. The fraction of sp³-hybridized carbons (Fsp3) is 0.611. The maximum atomic E-state index is 13.4. The number of imidazole rings is 1. The quantitative estimate of drug-likeness (QED) is 0.754. The summed E-state index contributed by atoms with van der Waals surface area (Å²) in [5, 5.41) is 0. The molecule has 0 amide bonds. The molecule has 3 rings (SSSR count). The lowest BCUT2D eigenvalue weighted by atomic mass is 9.86. The summed E-state index contributed by atoms with van der Waals surface area (Å²) in [5.74, 6) is -1.49. The van der Waals surface area contributed by atoms with Gasteiger partial charge in [0.1, 0.15) is 5.82 Å². The van der Waals surface area contributed by atoms with Crippen molar-refractivity contribution < 1.29 is 17.5 Å².